The molecule has 15 heteroatoms. The Balaban J connectivity index is 0.935. The van der Waals surface area contributed by atoms with Gasteiger partial charge in [0, 0.05) is 71.2 Å². The Labute approximate surface area is 359 Å². The molecule has 7 rings (SSSR count). The fourth-order valence-electron chi connectivity index (χ4n) is 7.87. The predicted molar refractivity (Wildman–Crippen MR) is 236 cm³/mol. The number of aromatic nitrogens is 3. The molecule has 3 atom stereocenters. The lowest BCUT2D eigenvalue weighted by molar-refractivity contribution is -0.145. The SMILES string of the molecule is CCC(=O)N1c2ccccc2[C@H](Nc2ccc(C(=O)NCCCNC(=O)c3ccc(C4=N[C@@H](CC(=O)OCCOC)c5nnc(C)n5-c5sc(C)c(C)c54)cc3)cc2)C[C@@H]1C. The van der Waals surface area contributed by atoms with Gasteiger partial charge in [-0.1, -0.05) is 37.3 Å². The van der Waals surface area contributed by atoms with E-state index in [9.17, 15) is 19.2 Å². The van der Waals surface area contributed by atoms with Crippen LogP contribution in [-0.4, -0.2) is 83.6 Å². The number of nitrogens with one attached hydrogen (secondary N) is 3. The molecule has 0 saturated carbocycles. The number of aryl methyl sites for hydroxylation is 2. The first-order valence-electron chi connectivity index (χ1n) is 20.7. The monoisotopic (exact) mass is 844 g/mol. The van der Waals surface area contributed by atoms with Crippen molar-refractivity contribution < 1.29 is 28.7 Å². The molecule has 3 N–H and O–H groups in total. The summed E-state index contributed by atoms with van der Waals surface area (Å²) in [5.74, 6) is 0.526. The van der Waals surface area contributed by atoms with Crippen LogP contribution >= 0.6 is 11.3 Å². The van der Waals surface area contributed by atoms with Gasteiger partial charge in [-0.2, -0.15) is 0 Å². The lowest BCUT2D eigenvalue weighted by atomic mass is 9.91. The van der Waals surface area contributed by atoms with E-state index in [0.717, 1.165) is 49.9 Å². The van der Waals surface area contributed by atoms with Crippen LogP contribution in [-0.2, 0) is 19.1 Å². The molecule has 0 radical (unpaired) electrons. The normalized spacial score (nSPS) is 16.7. The Morgan fingerprint density at radius 3 is 2.21 bits per heavy atom. The molecule has 318 valence electrons. The Morgan fingerprint density at radius 1 is 0.869 bits per heavy atom. The molecule has 2 aromatic heterocycles. The molecule has 0 bridgehead atoms. The fourth-order valence-corrected chi connectivity index (χ4v) is 9.09. The van der Waals surface area contributed by atoms with Gasteiger partial charge in [-0.25, -0.2) is 0 Å². The smallest absolute Gasteiger partial charge is 0.308 e. The van der Waals surface area contributed by atoms with Crippen molar-refractivity contribution in [3.63, 3.8) is 0 Å². The summed E-state index contributed by atoms with van der Waals surface area (Å²) < 4.78 is 12.4. The minimum atomic E-state index is -0.647. The highest BCUT2D eigenvalue weighted by atomic mass is 32.1. The van der Waals surface area contributed by atoms with Crippen LogP contribution in [0.25, 0.3) is 5.00 Å². The number of rotatable bonds is 15. The van der Waals surface area contributed by atoms with Crippen LogP contribution in [0.1, 0.15) is 111 Å². The van der Waals surface area contributed by atoms with Crippen molar-refractivity contribution in [2.45, 2.75) is 78.4 Å². The molecule has 0 unspecified atom stereocenters. The number of anilines is 2. The minimum absolute atomic E-state index is 0.0243. The molecule has 3 aromatic carbocycles. The predicted octanol–water partition coefficient (Wildman–Crippen LogP) is 6.96. The van der Waals surface area contributed by atoms with Crippen molar-refractivity contribution in [1.29, 1.82) is 0 Å². The Bertz CT molecular complexity index is 2440. The molecule has 14 nitrogen and oxygen atoms in total. The summed E-state index contributed by atoms with van der Waals surface area (Å²) in [7, 11) is 1.55. The number of hydrogen-bond acceptors (Lipinski definition) is 11. The number of nitrogens with zero attached hydrogens (tertiary/aromatic N) is 5. The molecule has 0 aliphatic carbocycles. The van der Waals surface area contributed by atoms with Gasteiger partial charge in [0.1, 0.15) is 23.5 Å². The summed E-state index contributed by atoms with van der Waals surface area (Å²) in [4.78, 5) is 59.9. The molecule has 3 amide bonds. The summed E-state index contributed by atoms with van der Waals surface area (Å²) in [5.41, 5.74) is 7.43. The number of carbonyl (C=O) groups is 4. The van der Waals surface area contributed by atoms with Gasteiger partial charge in [0.2, 0.25) is 5.91 Å². The Morgan fingerprint density at radius 2 is 1.54 bits per heavy atom. The number of methoxy groups -OCH3 is 1. The second-order valence-corrected chi connectivity index (χ2v) is 16.5. The number of benzene rings is 3. The van der Waals surface area contributed by atoms with E-state index in [-0.39, 0.29) is 42.8 Å². The average molecular weight is 845 g/mol. The van der Waals surface area contributed by atoms with Crippen LogP contribution in [0.2, 0.25) is 0 Å². The molecule has 2 aliphatic heterocycles. The third kappa shape index (κ3) is 9.27. The molecule has 4 heterocycles. The maximum atomic E-state index is 13.2. The van der Waals surface area contributed by atoms with E-state index >= 15 is 0 Å². The summed E-state index contributed by atoms with van der Waals surface area (Å²) in [6.07, 6.45) is 1.73. The number of hydrogen-bond donors (Lipinski definition) is 3. The molecule has 61 heavy (non-hydrogen) atoms. The highest BCUT2D eigenvalue weighted by Crippen LogP contribution is 2.41. The maximum absolute atomic E-state index is 13.2. The molecule has 0 spiro atoms. The van der Waals surface area contributed by atoms with Crippen LogP contribution < -0.4 is 20.9 Å². The first-order valence-corrected chi connectivity index (χ1v) is 21.5. The van der Waals surface area contributed by atoms with Crippen molar-refractivity contribution in [3.05, 3.63) is 123 Å². The topological polar surface area (TPSA) is 169 Å². The van der Waals surface area contributed by atoms with E-state index in [2.05, 4.69) is 53.0 Å². The van der Waals surface area contributed by atoms with Crippen molar-refractivity contribution in [2.75, 3.05) is 43.6 Å². The van der Waals surface area contributed by atoms with Gasteiger partial charge < -0.3 is 30.3 Å². The van der Waals surface area contributed by atoms with Crippen molar-refractivity contribution in [3.8, 4) is 5.00 Å². The third-order valence-electron chi connectivity index (χ3n) is 11.1. The molecule has 2 aliphatic rings. The van der Waals surface area contributed by atoms with Crippen molar-refractivity contribution in [1.82, 2.24) is 25.4 Å². The second kappa shape index (κ2) is 19.0. The van der Waals surface area contributed by atoms with Gasteiger partial charge in [0.25, 0.3) is 11.8 Å². The molecular weight excluding hydrogens is 793 g/mol. The number of esters is 1. The quantitative estimate of drug-likeness (QED) is 0.0745. The van der Waals surface area contributed by atoms with Gasteiger partial charge in [0.05, 0.1) is 24.8 Å². The largest absolute Gasteiger partial charge is 0.463 e. The highest BCUT2D eigenvalue weighted by Gasteiger charge is 2.34. The standard InChI is InChI=1S/C46H52N8O6S/c1-7-39(55)53-27(2)25-36(35-11-8-9-12-38(35)53)49-34-19-17-33(18-20-34)45(58)48-22-10-21-47-44(57)32-15-13-31(14-16-32)42-41-28(3)29(4)61-46(41)54-30(5)51-52-43(54)37(50-42)26-40(56)60-24-23-59-6/h8-9,11-20,27,36-37,49H,7,10,21-26H2,1-6H3,(H,47,57)(H,48,58)/t27-,36+,37-/m0/s1. The zero-order valence-corrected chi connectivity index (χ0v) is 36.2. The number of amides is 3. The van der Waals surface area contributed by atoms with Crippen LogP contribution in [0.4, 0.5) is 11.4 Å². The molecule has 5 aromatic rings. The minimum Gasteiger partial charge on any atom is -0.463 e. The van der Waals surface area contributed by atoms with Gasteiger partial charge in [-0.05, 0) is 94.1 Å². The van der Waals surface area contributed by atoms with Gasteiger partial charge in [-0.3, -0.25) is 28.7 Å². The summed E-state index contributed by atoms with van der Waals surface area (Å²) >= 11 is 1.62. The average Bonchev–Trinajstić information content (AvgIpc) is 3.74. The maximum Gasteiger partial charge on any atom is 0.308 e. The lowest BCUT2D eigenvalue weighted by Crippen LogP contribution is -2.44. The van der Waals surface area contributed by atoms with E-state index < -0.39 is 12.0 Å². The van der Waals surface area contributed by atoms with Gasteiger partial charge >= 0.3 is 5.97 Å². The van der Waals surface area contributed by atoms with Crippen LogP contribution in [0.15, 0.2) is 77.8 Å². The number of thiophene rings is 1. The first-order chi connectivity index (χ1) is 29.5. The van der Waals surface area contributed by atoms with E-state index in [4.69, 9.17) is 14.5 Å². The van der Waals surface area contributed by atoms with E-state index in [0.29, 0.717) is 61.0 Å². The Hall–Kier alpha value is -6.19. The van der Waals surface area contributed by atoms with Crippen molar-refractivity contribution in [2.24, 2.45) is 4.99 Å². The molecular formula is C46H52N8O6S. The summed E-state index contributed by atoms with van der Waals surface area (Å²) in [5, 5.41) is 19.2. The number of aliphatic imine (C=N–C) groups is 1. The molecule has 0 fully saturated rings. The third-order valence-corrected chi connectivity index (χ3v) is 12.3. The van der Waals surface area contributed by atoms with Gasteiger partial charge in [0.15, 0.2) is 5.82 Å². The zero-order valence-electron chi connectivity index (χ0n) is 35.4. The zero-order chi connectivity index (χ0) is 43.2. The van der Waals surface area contributed by atoms with Gasteiger partial charge in [-0.15, -0.1) is 21.5 Å². The number of carbonyl (C=O) groups excluding carboxylic acids is 4. The van der Waals surface area contributed by atoms with Crippen LogP contribution in [0.3, 0.4) is 0 Å². The van der Waals surface area contributed by atoms with E-state index in [1.807, 2.05) is 65.8 Å². The number of fused-ring (bicyclic) bond motifs is 4. The van der Waals surface area contributed by atoms with Crippen LogP contribution in [0.5, 0.6) is 0 Å². The van der Waals surface area contributed by atoms with Crippen molar-refractivity contribution >= 4 is 52.1 Å². The molecule has 0 saturated heterocycles. The van der Waals surface area contributed by atoms with E-state index in [1.54, 1.807) is 42.7 Å². The first kappa shape index (κ1) is 42.9. The lowest BCUT2D eigenvalue weighted by Gasteiger charge is -2.40. The Kier molecular flexibility index (Phi) is 13.4. The summed E-state index contributed by atoms with van der Waals surface area (Å²) in [6.45, 7) is 11.2. The number of ether oxygens (including phenoxy) is 2. The van der Waals surface area contributed by atoms with Crippen LogP contribution in [0, 0.1) is 20.8 Å². The highest BCUT2D eigenvalue weighted by molar-refractivity contribution is 7.15. The second-order valence-electron chi connectivity index (χ2n) is 15.3. The summed E-state index contributed by atoms with van der Waals surface area (Å²) in [6, 6.07) is 22.1. The number of para-hydroxylation sites is 1. The van der Waals surface area contributed by atoms with E-state index in [1.165, 1.54) is 0 Å². The fraction of sp³-hybridized carbons (Fsp3) is 0.370.